The maximum Gasteiger partial charge on any atom is 0.0652 e. The average Bonchev–Trinajstić information content (AvgIpc) is 2.27. The SMILES string of the molecule is C[C@H](O)CNC(C)(CO)c1ccccc1. The second-order valence-electron chi connectivity index (χ2n) is 4.09. The Morgan fingerprint density at radius 1 is 1.33 bits per heavy atom. The zero-order valence-electron chi connectivity index (χ0n) is 9.27. The van der Waals surface area contributed by atoms with Crippen LogP contribution < -0.4 is 5.32 Å². The number of rotatable bonds is 5. The molecule has 0 radical (unpaired) electrons. The summed E-state index contributed by atoms with van der Waals surface area (Å²) >= 11 is 0. The van der Waals surface area contributed by atoms with Gasteiger partial charge in [0, 0.05) is 6.54 Å². The van der Waals surface area contributed by atoms with E-state index in [9.17, 15) is 10.2 Å². The number of aliphatic hydroxyl groups is 2. The minimum Gasteiger partial charge on any atom is -0.394 e. The highest BCUT2D eigenvalue weighted by molar-refractivity contribution is 5.23. The zero-order valence-corrected chi connectivity index (χ0v) is 9.27. The van der Waals surface area contributed by atoms with Crippen molar-refractivity contribution in [2.75, 3.05) is 13.2 Å². The van der Waals surface area contributed by atoms with Gasteiger partial charge in [-0.2, -0.15) is 0 Å². The van der Waals surface area contributed by atoms with E-state index in [2.05, 4.69) is 5.32 Å². The van der Waals surface area contributed by atoms with Crippen LogP contribution in [0.1, 0.15) is 19.4 Å². The highest BCUT2D eigenvalue weighted by atomic mass is 16.3. The first-order valence-electron chi connectivity index (χ1n) is 5.18. The van der Waals surface area contributed by atoms with E-state index >= 15 is 0 Å². The van der Waals surface area contributed by atoms with Crippen molar-refractivity contribution in [1.82, 2.24) is 5.32 Å². The zero-order chi connectivity index (χ0) is 11.3. The van der Waals surface area contributed by atoms with Crippen LogP contribution in [0.2, 0.25) is 0 Å². The molecule has 0 aliphatic heterocycles. The smallest absolute Gasteiger partial charge is 0.0652 e. The lowest BCUT2D eigenvalue weighted by Gasteiger charge is -2.30. The molecule has 0 aliphatic carbocycles. The lowest BCUT2D eigenvalue weighted by Crippen LogP contribution is -2.45. The second kappa shape index (κ2) is 5.26. The minimum absolute atomic E-state index is 0.00370. The molecule has 1 aromatic carbocycles. The Hall–Kier alpha value is -0.900. The molecule has 15 heavy (non-hydrogen) atoms. The van der Waals surface area contributed by atoms with E-state index in [0.29, 0.717) is 6.54 Å². The molecule has 84 valence electrons. The van der Waals surface area contributed by atoms with Gasteiger partial charge in [0.05, 0.1) is 18.2 Å². The van der Waals surface area contributed by atoms with Crippen molar-refractivity contribution in [2.24, 2.45) is 0 Å². The molecule has 0 saturated carbocycles. The molecule has 3 nitrogen and oxygen atoms in total. The molecule has 1 aromatic rings. The first kappa shape index (κ1) is 12.2. The van der Waals surface area contributed by atoms with Crippen LogP contribution in [0, 0.1) is 0 Å². The summed E-state index contributed by atoms with van der Waals surface area (Å²) in [6, 6.07) is 9.74. The van der Waals surface area contributed by atoms with Crippen LogP contribution in [-0.4, -0.2) is 29.5 Å². The third-order valence-electron chi connectivity index (χ3n) is 2.51. The largest absolute Gasteiger partial charge is 0.394 e. The van der Waals surface area contributed by atoms with E-state index < -0.39 is 11.6 Å². The monoisotopic (exact) mass is 209 g/mol. The molecule has 2 atom stereocenters. The fourth-order valence-electron chi connectivity index (χ4n) is 1.43. The summed E-state index contributed by atoms with van der Waals surface area (Å²) in [6.45, 7) is 4.11. The highest BCUT2D eigenvalue weighted by Gasteiger charge is 2.24. The standard InChI is InChI=1S/C12H19NO2/c1-10(15)8-13-12(2,9-14)11-6-4-3-5-7-11/h3-7,10,13-15H,8-9H2,1-2H3/t10-,12?/m0/s1. The predicted molar refractivity (Wildman–Crippen MR) is 60.6 cm³/mol. The molecule has 0 heterocycles. The number of aliphatic hydroxyl groups excluding tert-OH is 2. The topological polar surface area (TPSA) is 52.5 Å². The third kappa shape index (κ3) is 3.30. The summed E-state index contributed by atoms with van der Waals surface area (Å²) < 4.78 is 0. The van der Waals surface area contributed by atoms with E-state index in [1.165, 1.54) is 0 Å². The fraction of sp³-hybridized carbons (Fsp3) is 0.500. The third-order valence-corrected chi connectivity index (χ3v) is 2.51. The van der Waals surface area contributed by atoms with Crippen molar-refractivity contribution in [1.29, 1.82) is 0 Å². The molecule has 0 spiro atoms. The quantitative estimate of drug-likeness (QED) is 0.674. The Morgan fingerprint density at radius 3 is 2.40 bits per heavy atom. The van der Waals surface area contributed by atoms with Gasteiger partial charge in [-0.05, 0) is 19.4 Å². The van der Waals surface area contributed by atoms with E-state index in [4.69, 9.17) is 0 Å². The van der Waals surface area contributed by atoms with Crippen molar-refractivity contribution in [3.8, 4) is 0 Å². The molecular formula is C12H19NO2. The molecule has 1 rings (SSSR count). The van der Waals surface area contributed by atoms with Crippen LogP contribution >= 0.6 is 0 Å². The summed E-state index contributed by atoms with van der Waals surface area (Å²) in [4.78, 5) is 0. The number of hydrogen-bond acceptors (Lipinski definition) is 3. The van der Waals surface area contributed by atoms with E-state index in [1.807, 2.05) is 37.3 Å². The molecule has 1 unspecified atom stereocenters. The predicted octanol–water partition coefficient (Wildman–Crippen LogP) is 0.865. The number of benzene rings is 1. The van der Waals surface area contributed by atoms with Gasteiger partial charge >= 0.3 is 0 Å². The Labute approximate surface area is 90.8 Å². The Balaban J connectivity index is 2.76. The highest BCUT2D eigenvalue weighted by Crippen LogP contribution is 2.19. The normalized spacial score (nSPS) is 17.1. The molecule has 0 saturated heterocycles. The summed E-state index contributed by atoms with van der Waals surface area (Å²) in [5.74, 6) is 0. The molecule has 0 fully saturated rings. The van der Waals surface area contributed by atoms with Crippen LogP contribution in [-0.2, 0) is 5.54 Å². The first-order chi connectivity index (χ1) is 7.08. The summed E-state index contributed by atoms with van der Waals surface area (Å²) in [5.41, 5.74) is 0.534. The average molecular weight is 209 g/mol. The lowest BCUT2D eigenvalue weighted by atomic mass is 9.93. The van der Waals surface area contributed by atoms with Crippen molar-refractivity contribution in [3.63, 3.8) is 0 Å². The van der Waals surface area contributed by atoms with Gasteiger partial charge in [0.2, 0.25) is 0 Å². The Morgan fingerprint density at radius 2 is 1.93 bits per heavy atom. The van der Waals surface area contributed by atoms with E-state index in [1.54, 1.807) is 6.92 Å². The maximum absolute atomic E-state index is 9.41. The summed E-state index contributed by atoms with van der Waals surface area (Å²) in [5, 5.41) is 21.8. The lowest BCUT2D eigenvalue weighted by molar-refractivity contribution is 0.137. The van der Waals surface area contributed by atoms with Gasteiger partial charge in [0.15, 0.2) is 0 Å². The van der Waals surface area contributed by atoms with Crippen LogP contribution in [0.25, 0.3) is 0 Å². The van der Waals surface area contributed by atoms with Crippen molar-refractivity contribution in [3.05, 3.63) is 35.9 Å². The maximum atomic E-state index is 9.41. The van der Waals surface area contributed by atoms with Gasteiger partial charge in [-0.25, -0.2) is 0 Å². The molecule has 0 amide bonds. The number of hydrogen-bond donors (Lipinski definition) is 3. The molecule has 0 aliphatic rings. The van der Waals surface area contributed by atoms with Gasteiger partial charge in [-0.15, -0.1) is 0 Å². The summed E-state index contributed by atoms with van der Waals surface area (Å²) in [6.07, 6.45) is -0.417. The van der Waals surface area contributed by atoms with Crippen molar-refractivity contribution in [2.45, 2.75) is 25.5 Å². The first-order valence-corrected chi connectivity index (χ1v) is 5.18. The molecule has 0 bridgehead atoms. The van der Waals surface area contributed by atoms with E-state index in [0.717, 1.165) is 5.56 Å². The molecule has 3 N–H and O–H groups in total. The second-order valence-corrected chi connectivity index (χ2v) is 4.09. The minimum atomic E-state index is -0.488. The van der Waals surface area contributed by atoms with Crippen LogP contribution in [0.5, 0.6) is 0 Å². The Kier molecular flexibility index (Phi) is 4.27. The molecular weight excluding hydrogens is 190 g/mol. The fourth-order valence-corrected chi connectivity index (χ4v) is 1.43. The molecule has 0 aromatic heterocycles. The summed E-state index contributed by atoms with van der Waals surface area (Å²) in [7, 11) is 0. The number of nitrogens with one attached hydrogen (secondary N) is 1. The van der Waals surface area contributed by atoms with Crippen LogP contribution in [0.3, 0.4) is 0 Å². The van der Waals surface area contributed by atoms with Crippen LogP contribution in [0.15, 0.2) is 30.3 Å². The van der Waals surface area contributed by atoms with Gasteiger partial charge in [-0.1, -0.05) is 30.3 Å². The van der Waals surface area contributed by atoms with Crippen LogP contribution in [0.4, 0.5) is 0 Å². The van der Waals surface area contributed by atoms with Gasteiger partial charge in [-0.3, -0.25) is 0 Å². The van der Waals surface area contributed by atoms with E-state index in [-0.39, 0.29) is 6.61 Å². The van der Waals surface area contributed by atoms with Crippen molar-refractivity contribution >= 4 is 0 Å². The Bertz CT molecular complexity index is 287. The van der Waals surface area contributed by atoms with Gasteiger partial charge in [0.25, 0.3) is 0 Å². The molecule has 3 heteroatoms. The van der Waals surface area contributed by atoms with Gasteiger partial charge < -0.3 is 15.5 Å². The van der Waals surface area contributed by atoms with Gasteiger partial charge in [0.1, 0.15) is 0 Å². The van der Waals surface area contributed by atoms with Crippen molar-refractivity contribution < 1.29 is 10.2 Å².